The Hall–Kier alpha value is -3.29. The SMILES string of the molecule is Cn1c(C(=O)Nc2cccc3c2CCCN3Cc2ccc(OCC3CCNCC3)cc2)cc2sccc21. The van der Waals surface area contributed by atoms with Crippen LogP contribution in [-0.4, -0.2) is 36.7 Å². The first kappa shape index (κ1) is 24.1. The highest BCUT2D eigenvalue weighted by Crippen LogP contribution is 2.34. The van der Waals surface area contributed by atoms with Gasteiger partial charge in [-0.05, 0) is 97.6 Å². The number of fused-ring (bicyclic) bond motifs is 2. The van der Waals surface area contributed by atoms with Crippen LogP contribution in [0.3, 0.4) is 0 Å². The highest BCUT2D eigenvalue weighted by Gasteiger charge is 2.22. The van der Waals surface area contributed by atoms with E-state index >= 15 is 0 Å². The van der Waals surface area contributed by atoms with E-state index in [-0.39, 0.29) is 5.91 Å². The quantitative estimate of drug-likeness (QED) is 0.326. The molecule has 192 valence electrons. The van der Waals surface area contributed by atoms with Gasteiger partial charge in [-0.15, -0.1) is 11.3 Å². The van der Waals surface area contributed by atoms with Crippen LogP contribution in [0.25, 0.3) is 10.2 Å². The van der Waals surface area contributed by atoms with Gasteiger partial charge in [0.05, 0.1) is 16.8 Å². The second-order valence-corrected chi connectivity index (χ2v) is 11.1. The molecule has 4 aromatic rings. The van der Waals surface area contributed by atoms with Crippen LogP contribution in [0.15, 0.2) is 60.0 Å². The van der Waals surface area contributed by atoms with Gasteiger partial charge in [-0.2, -0.15) is 0 Å². The van der Waals surface area contributed by atoms with Crippen LogP contribution in [0.5, 0.6) is 5.75 Å². The van der Waals surface area contributed by atoms with Crippen molar-refractivity contribution in [1.82, 2.24) is 9.88 Å². The van der Waals surface area contributed by atoms with E-state index in [1.54, 1.807) is 11.3 Å². The van der Waals surface area contributed by atoms with Crippen molar-refractivity contribution < 1.29 is 9.53 Å². The Balaban J connectivity index is 1.13. The molecular formula is C30H34N4O2S. The summed E-state index contributed by atoms with van der Waals surface area (Å²) in [5.41, 5.74) is 6.40. The topological polar surface area (TPSA) is 58.5 Å². The normalized spacial score (nSPS) is 16.1. The molecule has 0 bridgehead atoms. The molecule has 0 saturated carbocycles. The first-order valence-corrected chi connectivity index (χ1v) is 14.2. The van der Waals surface area contributed by atoms with Crippen LogP contribution >= 0.6 is 11.3 Å². The summed E-state index contributed by atoms with van der Waals surface area (Å²) >= 11 is 1.66. The number of piperidine rings is 1. The third-order valence-electron chi connectivity index (χ3n) is 7.73. The molecule has 4 heterocycles. The van der Waals surface area contributed by atoms with E-state index in [1.165, 1.54) is 29.7 Å². The van der Waals surface area contributed by atoms with Gasteiger partial charge in [0.1, 0.15) is 11.4 Å². The summed E-state index contributed by atoms with van der Waals surface area (Å²) in [5.74, 6) is 1.54. The molecule has 2 aromatic heterocycles. The molecule has 1 saturated heterocycles. The lowest BCUT2D eigenvalue weighted by atomic mass is 9.98. The predicted octanol–water partition coefficient (Wildman–Crippen LogP) is 5.82. The van der Waals surface area contributed by atoms with Crippen molar-refractivity contribution in [1.29, 1.82) is 0 Å². The molecule has 37 heavy (non-hydrogen) atoms. The lowest BCUT2D eigenvalue weighted by Gasteiger charge is -2.32. The molecule has 1 amide bonds. The molecule has 2 aliphatic heterocycles. The Morgan fingerprint density at radius 2 is 1.97 bits per heavy atom. The molecule has 0 radical (unpaired) electrons. The molecule has 6 nitrogen and oxygen atoms in total. The summed E-state index contributed by atoms with van der Waals surface area (Å²) in [6.07, 6.45) is 4.42. The Morgan fingerprint density at radius 3 is 2.78 bits per heavy atom. The zero-order valence-corrected chi connectivity index (χ0v) is 22.2. The van der Waals surface area contributed by atoms with E-state index in [0.717, 1.165) is 67.3 Å². The monoisotopic (exact) mass is 514 g/mol. The Kier molecular flexibility index (Phi) is 6.89. The van der Waals surface area contributed by atoms with Crippen LogP contribution in [0.2, 0.25) is 0 Å². The minimum Gasteiger partial charge on any atom is -0.493 e. The number of carbonyl (C=O) groups excluding carboxylic acids is 1. The number of nitrogens with one attached hydrogen (secondary N) is 2. The number of thiophene rings is 1. The van der Waals surface area contributed by atoms with Crippen molar-refractivity contribution in [2.75, 3.05) is 36.5 Å². The molecule has 0 aliphatic carbocycles. The third-order valence-corrected chi connectivity index (χ3v) is 8.59. The molecule has 1 fully saturated rings. The Bertz CT molecular complexity index is 1380. The summed E-state index contributed by atoms with van der Waals surface area (Å²) in [5, 5.41) is 8.68. The lowest BCUT2D eigenvalue weighted by Crippen LogP contribution is -2.30. The van der Waals surface area contributed by atoms with E-state index in [1.807, 2.05) is 29.8 Å². The minimum absolute atomic E-state index is 0.0588. The van der Waals surface area contributed by atoms with Gasteiger partial charge in [-0.25, -0.2) is 0 Å². The van der Waals surface area contributed by atoms with Crippen molar-refractivity contribution in [3.05, 3.63) is 76.8 Å². The van der Waals surface area contributed by atoms with Gasteiger partial charge >= 0.3 is 0 Å². The Labute approximate surface area is 222 Å². The van der Waals surface area contributed by atoms with Crippen LogP contribution in [-0.2, 0) is 20.0 Å². The van der Waals surface area contributed by atoms with Crippen molar-refractivity contribution in [2.45, 2.75) is 32.2 Å². The van der Waals surface area contributed by atoms with Crippen LogP contribution in [0, 0.1) is 5.92 Å². The van der Waals surface area contributed by atoms with Gasteiger partial charge in [0.2, 0.25) is 0 Å². The third kappa shape index (κ3) is 5.11. The summed E-state index contributed by atoms with van der Waals surface area (Å²) in [6, 6.07) is 18.9. The van der Waals surface area contributed by atoms with Gasteiger partial charge in [0.25, 0.3) is 5.91 Å². The minimum atomic E-state index is -0.0588. The number of ether oxygens (including phenoxy) is 1. The molecule has 2 aliphatic rings. The number of aromatic nitrogens is 1. The van der Waals surface area contributed by atoms with Crippen molar-refractivity contribution >= 4 is 38.8 Å². The van der Waals surface area contributed by atoms with E-state index in [0.29, 0.717) is 11.6 Å². The summed E-state index contributed by atoms with van der Waals surface area (Å²) in [4.78, 5) is 15.6. The molecule has 0 spiro atoms. The average Bonchev–Trinajstić information content (AvgIpc) is 3.52. The Morgan fingerprint density at radius 1 is 1.14 bits per heavy atom. The molecule has 6 rings (SSSR count). The fraction of sp³-hybridized carbons (Fsp3) is 0.367. The maximum Gasteiger partial charge on any atom is 0.272 e. The zero-order valence-electron chi connectivity index (χ0n) is 21.3. The van der Waals surface area contributed by atoms with E-state index in [4.69, 9.17) is 4.74 Å². The molecule has 0 unspecified atom stereocenters. The van der Waals surface area contributed by atoms with E-state index in [2.05, 4.69) is 57.3 Å². The molecular weight excluding hydrogens is 480 g/mol. The van der Waals surface area contributed by atoms with Gasteiger partial charge in [-0.1, -0.05) is 18.2 Å². The van der Waals surface area contributed by atoms with E-state index in [9.17, 15) is 4.79 Å². The lowest BCUT2D eigenvalue weighted by molar-refractivity contribution is 0.101. The number of amides is 1. The number of nitrogens with zero attached hydrogens (tertiary/aromatic N) is 2. The van der Waals surface area contributed by atoms with Gasteiger partial charge in [-0.3, -0.25) is 4.79 Å². The van der Waals surface area contributed by atoms with Crippen molar-refractivity contribution in [3.8, 4) is 5.75 Å². The fourth-order valence-corrected chi connectivity index (χ4v) is 6.46. The van der Waals surface area contributed by atoms with Crippen LogP contribution < -0.4 is 20.3 Å². The fourth-order valence-electron chi connectivity index (χ4n) is 5.61. The summed E-state index contributed by atoms with van der Waals surface area (Å²) in [7, 11) is 1.95. The summed E-state index contributed by atoms with van der Waals surface area (Å²) < 4.78 is 9.19. The van der Waals surface area contributed by atoms with Crippen LogP contribution in [0.1, 0.15) is 40.9 Å². The maximum atomic E-state index is 13.2. The maximum absolute atomic E-state index is 13.2. The van der Waals surface area contributed by atoms with Gasteiger partial charge < -0.3 is 24.8 Å². The summed E-state index contributed by atoms with van der Waals surface area (Å²) in [6.45, 7) is 4.84. The first-order valence-electron chi connectivity index (χ1n) is 13.3. The molecule has 2 aromatic carbocycles. The number of hydrogen-bond donors (Lipinski definition) is 2. The average molecular weight is 515 g/mol. The molecule has 0 atom stereocenters. The van der Waals surface area contributed by atoms with Crippen molar-refractivity contribution in [2.24, 2.45) is 13.0 Å². The number of anilines is 2. The van der Waals surface area contributed by atoms with E-state index < -0.39 is 0 Å². The molecule has 7 heteroatoms. The van der Waals surface area contributed by atoms with Gasteiger partial charge in [0.15, 0.2) is 0 Å². The highest BCUT2D eigenvalue weighted by atomic mass is 32.1. The first-order chi connectivity index (χ1) is 18.2. The number of carbonyl (C=O) groups is 1. The smallest absolute Gasteiger partial charge is 0.272 e. The van der Waals surface area contributed by atoms with Crippen molar-refractivity contribution in [3.63, 3.8) is 0 Å². The van der Waals surface area contributed by atoms with Crippen LogP contribution in [0.4, 0.5) is 11.4 Å². The highest BCUT2D eigenvalue weighted by molar-refractivity contribution is 7.17. The number of rotatable bonds is 7. The standard InChI is InChI=1S/C30H34N4O2S/c1-33-27-13-17-37-29(27)18-28(33)30(35)32-25-5-2-6-26-24(25)4-3-16-34(26)19-21-7-9-23(10-8-21)36-20-22-11-14-31-15-12-22/h2,5-10,13,17-18,22,31H,3-4,11-12,14-16,19-20H2,1H3,(H,32,35). The predicted molar refractivity (Wildman–Crippen MR) is 152 cm³/mol. The zero-order chi connectivity index (χ0) is 25.2. The second kappa shape index (κ2) is 10.6. The number of benzene rings is 2. The molecule has 2 N–H and O–H groups in total. The number of hydrogen-bond acceptors (Lipinski definition) is 5. The largest absolute Gasteiger partial charge is 0.493 e. The van der Waals surface area contributed by atoms with Gasteiger partial charge in [0, 0.05) is 31.5 Å². The second-order valence-electron chi connectivity index (χ2n) is 10.2. The number of aryl methyl sites for hydroxylation is 1.